The number of nitrogens with zero attached hydrogens (tertiary/aromatic N) is 3. The monoisotopic (exact) mass is 505 g/mol. The number of hydrogen-bond acceptors (Lipinski definition) is 5. The van der Waals surface area contributed by atoms with Crippen LogP contribution in [0.2, 0.25) is 0 Å². The second-order valence-electron chi connectivity index (χ2n) is 9.24. The van der Waals surface area contributed by atoms with Gasteiger partial charge in [-0.1, -0.05) is 29.8 Å². The van der Waals surface area contributed by atoms with Crippen LogP contribution in [0.4, 0.5) is 5.69 Å². The number of fused-ring (bicyclic) bond motifs is 1. The number of benzene rings is 2. The van der Waals surface area contributed by atoms with Crippen molar-refractivity contribution in [3.05, 3.63) is 59.2 Å². The van der Waals surface area contributed by atoms with Crippen LogP contribution >= 0.6 is 0 Å². The second kappa shape index (κ2) is 9.41. The highest BCUT2D eigenvalue weighted by Gasteiger charge is 2.35. The van der Waals surface area contributed by atoms with E-state index in [-0.39, 0.29) is 22.5 Å². The van der Waals surface area contributed by atoms with E-state index in [2.05, 4.69) is 0 Å². The molecule has 0 bridgehead atoms. The molecule has 0 N–H and O–H groups in total. The molecule has 0 radical (unpaired) electrons. The summed E-state index contributed by atoms with van der Waals surface area (Å²) in [6.45, 7) is 3.09. The number of carbonyl (C=O) groups excluding carboxylic acids is 1. The Morgan fingerprint density at radius 1 is 1.00 bits per heavy atom. The highest BCUT2D eigenvalue weighted by molar-refractivity contribution is 7.89. The molecular weight excluding hydrogens is 474 g/mol. The predicted molar refractivity (Wildman–Crippen MR) is 131 cm³/mol. The lowest BCUT2D eigenvalue weighted by atomic mass is 9.96. The van der Waals surface area contributed by atoms with E-state index >= 15 is 0 Å². The Labute approximate surface area is 202 Å². The molecule has 2 heterocycles. The molecule has 0 aliphatic carbocycles. The molecule has 8 nitrogen and oxygen atoms in total. The van der Waals surface area contributed by atoms with Crippen molar-refractivity contribution in [3.63, 3.8) is 0 Å². The van der Waals surface area contributed by atoms with Crippen LogP contribution in [-0.4, -0.2) is 65.1 Å². The largest absolute Gasteiger partial charge is 0.312 e. The first-order valence-corrected chi connectivity index (χ1v) is 14.4. The van der Waals surface area contributed by atoms with Crippen LogP contribution in [0.15, 0.2) is 47.4 Å². The predicted octanol–water partition coefficient (Wildman–Crippen LogP) is 2.38. The zero-order valence-corrected chi connectivity index (χ0v) is 21.4. The van der Waals surface area contributed by atoms with E-state index in [1.165, 1.54) is 22.7 Å². The molecule has 0 aromatic heterocycles. The quantitative estimate of drug-likeness (QED) is 0.601. The first-order valence-electron chi connectivity index (χ1n) is 11.4. The molecule has 4 rings (SSSR count). The van der Waals surface area contributed by atoms with Gasteiger partial charge in [0.25, 0.3) is 0 Å². The van der Waals surface area contributed by atoms with Gasteiger partial charge in [0.2, 0.25) is 26.0 Å². The van der Waals surface area contributed by atoms with E-state index in [0.717, 1.165) is 22.4 Å². The minimum atomic E-state index is -3.53. The molecule has 0 spiro atoms. The van der Waals surface area contributed by atoms with Gasteiger partial charge in [0, 0.05) is 45.3 Å². The first kappa shape index (κ1) is 24.8. The van der Waals surface area contributed by atoms with Gasteiger partial charge in [-0.25, -0.2) is 25.4 Å². The van der Waals surface area contributed by atoms with E-state index in [1.54, 1.807) is 23.1 Å². The van der Waals surface area contributed by atoms with Gasteiger partial charge in [0.1, 0.15) is 0 Å². The Morgan fingerprint density at radius 3 is 2.35 bits per heavy atom. The summed E-state index contributed by atoms with van der Waals surface area (Å²) in [6.07, 6.45) is 1.55. The number of sulfonamides is 2. The van der Waals surface area contributed by atoms with E-state index in [4.69, 9.17) is 0 Å². The molecule has 0 atom stereocenters. The number of piperidine rings is 1. The Bertz CT molecular complexity index is 1300. The number of aryl methyl sites for hydroxylation is 1. The molecule has 2 aromatic rings. The molecule has 0 unspecified atom stereocenters. The van der Waals surface area contributed by atoms with Gasteiger partial charge in [0.15, 0.2) is 0 Å². The maximum absolute atomic E-state index is 13.3. The molecule has 184 valence electrons. The fraction of sp³-hybridized carbons (Fsp3) is 0.458. The lowest BCUT2D eigenvalue weighted by molar-refractivity contribution is -0.123. The van der Waals surface area contributed by atoms with Gasteiger partial charge < -0.3 is 4.90 Å². The molecule has 1 fully saturated rings. The second-order valence-corrected chi connectivity index (χ2v) is 13.4. The highest BCUT2D eigenvalue weighted by Crippen LogP contribution is 2.33. The van der Waals surface area contributed by atoms with Crippen molar-refractivity contribution in [1.29, 1.82) is 0 Å². The fourth-order valence-corrected chi connectivity index (χ4v) is 7.19. The van der Waals surface area contributed by atoms with E-state index in [1.807, 2.05) is 31.2 Å². The Kier molecular flexibility index (Phi) is 6.87. The first-order chi connectivity index (χ1) is 16.0. The highest BCUT2D eigenvalue weighted by atomic mass is 32.2. The number of carbonyl (C=O) groups is 1. The standard InChI is InChI=1S/C24H31N3O5S2/c1-18-5-4-6-19(15-18)17-33(29,30)26-12-9-20(10-13-26)24(28)27-14-11-21-16-22(7-8-23(21)27)34(31,32)25(2)3/h4-8,15-16,20H,9-14,17H2,1-3H3. The maximum atomic E-state index is 13.3. The lowest BCUT2D eigenvalue weighted by Crippen LogP contribution is -2.44. The van der Waals surface area contributed by atoms with E-state index < -0.39 is 20.0 Å². The van der Waals surface area contributed by atoms with Crippen molar-refractivity contribution in [1.82, 2.24) is 8.61 Å². The van der Waals surface area contributed by atoms with Crippen molar-refractivity contribution < 1.29 is 21.6 Å². The van der Waals surface area contributed by atoms with Crippen LogP contribution in [-0.2, 0) is 37.0 Å². The third kappa shape index (κ3) is 4.91. The van der Waals surface area contributed by atoms with Crippen molar-refractivity contribution in [3.8, 4) is 0 Å². The molecule has 34 heavy (non-hydrogen) atoms. The summed E-state index contributed by atoms with van der Waals surface area (Å²) in [7, 11) is -4.00. The van der Waals surface area contributed by atoms with Crippen molar-refractivity contribution in [2.24, 2.45) is 5.92 Å². The molecule has 2 aromatic carbocycles. The summed E-state index contributed by atoms with van der Waals surface area (Å²) >= 11 is 0. The third-order valence-electron chi connectivity index (χ3n) is 6.62. The SMILES string of the molecule is Cc1cccc(CS(=O)(=O)N2CCC(C(=O)N3CCc4cc(S(=O)(=O)N(C)C)ccc43)CC2)c1. The number of amides is 1. The summed E-state index contributed by atoms with van der Waals surface area (Å²) < 4.78 is 53.3. The van der Waals surface area contributed by atoms with Crippen molar-refractivity contribution >= 4 is 31.6 Å². The zero-order valence-electron chi connectivity index (χ0n) is 19.8. The Hall–Kier alpha value is -2.27. The minimum Gasteiger partial charge on any atom is -0.312 e. The molecule has 0 saturated carbocycles. The summed E-state index contributed by atoms with van der Waals surface area (Å²) in [5.41, 5.74) is 3.38. The van der Waals surface area contributed by atoms with Gasteiger partial charge in [0.05, 0.1) is 10.6 Å². The smallest absolute Gasteiger partial charge is 0.242 e. The third-order valence-corrected chi connectivity index (χ3v) is 10.3. The van der Waals surface area contributed by atoms with Gasteiger partial charge in [-0.15, -0.1) is 0 Å². The topological polar surface area (TPSA) is 95.1 Å². The number of hydrogen-bond donors (Lipinski definition) is 0. The lowest BCUT2D eigenvalue weighted by Gasteiger charge is -2.32. The van der Waals surface area contributed by atoms with Crippen molar-refractivity contribution in [2.45, 2.75) is 36.8 Å². The van der Waals surface area contributed by atoms with Crippen LogP contribution in [0.25, 0.3) is 0 Å². The van der Waals surface area contributed by atoms with E-state index in [9.17, 15) is 21.6 Å². The van der Waals surface area contributed by atoms with Crippen LogP contribution in [0, 0.1) is 12.8 Å². The average molecular weight is 506 g/mol. The Morgan fingerprint density at radius 2 is 1.71 bits per heavy atom. The van der Waals surface area contributed by atoms with Gasteiger partial charge in [-0.3, -0.25) is 4.79 Å². The van der Waals surface area contributed by atoms with Gasteiger partial charge in [-0.05, 0) is 55.5 Å². The van der Waals surface area contributed by atoms with Gasteiger partial charge in [-0.2, -0.15) is 0 Å². The van der Waals surface area contributed by atoms with E-state index in [0.29, 0.717) is 38.9 Å². The molecule has 2 aliphatic rings. The number of anilines is 1. The molecule has 1 saturated heterocycles. The maximum Gasteiger partial charge on any atom is 0.242 e. The summed E-state index contributed by atoms with van der Waals surface area (Å²) in [4.78, 5) is 15.2. The summed E-state index contributed by atoms with van der Waals surface area (Å²) in [6, 6.07) is 12.4. The Balaban J connectivity index is 1.41. The summed E-state index contributed by atoms with van der Waals surface area (Å²) in [5.74, 6) is -0.301. The van der Waals surface area contributed by atoms with Crippen LogP contribution in [0.5, 0.6) is 0 Å². The molecular formula is C24H31N3O5S2. The summed E-state index contributed by atoms with van der Waals surface area (Å²) in [5, 5.41) is 0. The zero-order chi connectivity index (χ0) is 24.7. The van der Waals surface area contributed by atoms with Crippen LogP contribution in [0.1, 0.15) is 29.5 Å². The van der Waals surface area contributed by atoms with Crippen LogP contribution in [0.3, 0.4) is 0 Å². The normalized spacial score (nSPS) is 17.8. The van der Waals surface area contributed by atoms with Crippen LogP contribution < -0.4 is 4.90 Å². The number of rotatable bonds is 6. The fourth-order valence-electron chi connectivity index (χ4n) is 4.68. The molecule has 10 heteroatoms. The minimum absolute atomic E-state index is 0.0160. The molecule has 1 amide bonds. The van der Waals surface area contributed by atoms with Crippen molar-refractivity contribution in [2.75, 3.05) is 38.6 Å². The van der Waals surface area contributed by atoms with Gasteiger partial charge >= 0.3 is 0 Å². The molecule has 2 aliphatic heterocycles. The average Bonchev–Trinajstić information content (AvgIpc) is 3.21.